The lowest BCUT2D eigenvalue weighted by Gasteiger charge is -2.18. The number of likely N-dealkylation sites (N-methyl/N-ethyl adjacent to an activating group) is 1. The summed E-state index contributed by atoms with van der Waals surface area (Å²) in [5, 5.41) is 2.58. The number of aromatic nitrogens is 2. The first-order valence-electron chi connectivity index (χ1n) is 8.25. The van der Waals surface area contributed by atoms with Gasteiger partial charge in [0.05, 0.1) is 17.6 Å². The Morgan fingerprint density at radius 1 is 1.16 bits per heavy atom. The van der Waals surface area contributed by atoms with Crippen LogP contribution in [-0.2, 0) is 11.3 Å². The number of hydrogen-bond donors (Lipinski definition) is 2. The van der Waals surface area contributed by atoms with Crippen molar-refractivity contribution < 1.29 is 9.59 Å². The van der Waals surface area contributed by atoms with Crippen molar-refractivity contribution in [2.45, 2.75) is 27.3 Å². The minimum absolute atomic E-state index is 0.0937. The molecule has 8 heteroatoms. The topological polar surface area (TPSA) is 104 Å². The van der Waals surface area contributed by atoms with Crippen LogP contribution in [0.2, 0.25) is 0 Å². The Balaban J connectivity index is 2.25. The SMILES string of the molecule is CCN(CC)C(=O)CNC(=O)c1ccc2c(c1)[nH]c(=O)c(=O)n2CC. The van der Waals surface area contributed by atoms with Gasteiger partial charge in [-0.3, -0.25) is 19.2 Å². The Morgan fingerprint density at radius 3 is 2.44 bits per heavy atom. The Morgan fingerprint density at radius 2 is 1.84 bits per heavy atom. The Kier molecular flexibility index (Phi) is 5.74. The number of benzene rings is 1. The summed E-state index contributed by atoms with van der Waals surface area (Å²) < 4.78 is 1.35. The zero-order valence-corrected chi connectivity index (χ0v) is 14.6. The van der Waals surface area contributed by atoms with Crippen LogP contribution >= 0.6 is 0 Å². The molecule has 1 heterocycles. The maximum atomic E-state index is 12.3. The van der Waals surface area contributed by atoms with Crippen molar-refractivity contribution in [1.29, 1.82) is 0 Å². The quantitative estimate of drug-likeness (QED) is 0.735. The summed E-state index contributed by atoms with van der Waals surface area (Å²) in [5.41, 5.74) is -0.116. The van der Waals surface area contributed by atoms with Gasteiger partial charge in [0.25, 0.3) is 5.91 Å². The first kappa shape index (κ1) is 18.4. The number of nitrogens with zero attached hydrogens (tertiary/aromatic N) is 2. The molecule has 0 aliphatic rings. The van der Waals surface area contributed by atoms with Gasteiger partial charge in [-0.15, -0.1) is 0 Å². The van der Waals surface area contributed by atoms with E-state index in [9.17, 15) is 19.2 Å². The minimum atomic E-state index is -0.733. The van der Waals surface area contributed by atoms with E-state index in [0.29, 0.717) is 36.2 Å². The van der Waals surface area contributed by atoms with Crippen LogP contribution in [0.15, 0.2) is 27.8 Å². The molecule has 1 aromatic carbocycles. The fourth-order valence-corrected chi connectivity index (χ4v) is 2.68. The van der Waals surface area contributed by atoms with E-state index in [-0.39, 0.29) is 12.5 Å². The van der Waals surface area contributed by atoms with Gasteiger partial charge in [0.15, 0.2) is 0 Å². The summed E-state index contributed by atoms with van der Waals surface area (Å²) in [6.07, 6.45) is 0. The predicted molar refractivity (Wildman–Crippen MR) is 94.8 cm³/mol. The number of rotatable bonds is 6. The number of aryl methyl sites for hydroxylation is 1. The molecule has 0 bridgehead atoms. The summed E-state index contributed by atoms with van der Waals surface area (Å²) in [4.78, 5) is 51.8. The number of carbonyl (C=O) groups excluding carboxylic acids is 2. The Bertz CT molecular complexity index is 909. The van der Waals surface area contributed by atoms with Gasteiger partial charge in [0.1, 0.15) is 0 Å². The molecule has 25 heavy (non-hydrogen) atoms. The number of fused-ring (bicyclic) bond motifs is 1. The lowest BCUT2D eigenvalue weighted by Crippen LogP contribution is -2.40. The second-order valence-corrected chi connectivity index (χ2v) is 5.48. The predicted octanol–water partition coefficient (Wildman–Crippen LogP) is 0.308. The monoisotopic (exact) mass is 346 g/mol. The maximum absolute atomic E-state index is 12.3. The van der Waals surface area contributed by atoms with Crippen molar-refractivity contribution in [3.05, 3.63) is 44.5 Å². The van der Waals surface area contributed by atoms with Crippen molar-refractivity contribution in [1.82, 2.24) is 19.8 Å². The van der Waals surface area contributed by atoms with E-state index in [0.717, 1.165) is 0 Å². The van der Waals surface area contributed by atoms with Gasteiger partial charge in [-0.1, -0.05) is 0 Å². The standard InChI is InChI=1S/C17H22N4O4/c1-4-20(5-2)14(22)10-18-15(23)11-7-8-13-12(9-11)19-16(24)17(25)21(13)6-3/h7-9H,4-6,10H2,1-3H3,(H,18,23)(H,19,24). The molecule has 0 atom stereocenters. The zero-order chi connectivity index (χ0) is 18.6. The summed E-state index contributed by atoms with van der Waals surface area (Å²) in [6, 6.07) is 4.67. The minimum Gasteiger partial charge on any atom is -0.343 e. The smallest absolute Gasteiger partial charge is 0.316 e. The lowest BCUT2D eigenvalue weighted by atomic mass is 10.1. The van der Waals surface area contributed by atoms with Crippen LogP contribution in [0.25, 0.3) is 11.0 Å². The van der Waals surface area contributed by atoms with Gasteiger partial charge < -0.3 is 19.8 Å². The van der Waals surface area contributed by atoms with Crippen LogP contribution in [0.3, 0.4) is 0 Å². The fourth-order valence-electron chi connectivity index (χ4n) is 2.68. The fraction of sp³-hybridized carbons (Fsp3) is 0.412. The van der Waals surface area contributed by atoms with Crippen LogP contribution in [0.4, 0.5) is 0 Å². The third-order valence-corrected chi connectivity index (χ3v) is 4.07. The summed E-state index contributed by atoms with van der Waals surface area (Å²) >= 11 is 0. The molecular formula is C17H22N4O4. The Hall–Kier alpha value is -2.90. The van der Waals surface area contributed by atoms with E-state index in [2.05, 4.69) is 10.3 Å². The number of nitrogens with one attached hydrogen (secondary N) is 2. The van der Waals surface area contributed by atoms with Crippen molar-refractivity contribution in [2.24, 2.45) is 0 Å². The van der Waals surface area contributed by atoms with Gasteiger partial charge in [-0.25, -0.2) is 0 Å². The molecule has 0 saturated carbocycles. The zero-order valence-electron chi connectivity index (χ0n) is 14.6. The molecule has 0 radical (unpaired) electrons. The highest BCUT2D eigenvalue weighted by atomic mass is 16.2. The molecule has 8 nitrogen and oxygen atoms in total. The summed E-state index contributed by atoms with van der Waals surface area (Å²) in [7, 11) is 0. The molecule has 134 valence electrons. The molecule has 2 aromatic rings. The molecule has 2 amide bonds. The number of H-pyrrole nitrogens is 1. The van der Waals surface area contributed by atoms with E-state index in [1.807, 2.05) is 13.8 Å². The van der Waals surface area contributed by atoms with Crippen LogP contribution in [0.5, 0.6) is 0 Å². The van der Waals surface area contributed by atoms with Crippen molar-refractivity contribution in [2.75, 3.05) is 19.6 Å². The van der Waals surface area contributed by atoms with Crippen LogP contribution in [0.1, 0.15) is 31.1 Å². The van der Waals surface area contributed by atoms with Gasteiger partial charge in [0.2, 0.25) is 5.91 Å². The van der Waals surface area contributed by atoms with Gasteiger partial charge >= 0.3 is 11.1 Å². The van der Waals surface area contributed by atoms with Gasteiger partial charge in [0, 0.05) is 25.2 Å². The second kappa shape index (κ2) is 7.78. The molecule has 0 aliphatic heterocycles. The van der Waals surface area contributed by atoms with Crippen molar-refractivity contribution in [3.63, 3.8) is 0 Å². The average Bonchev–Trinajstić information content (AvgIpc) is 2.61. The van der Waals surface area contributed by atoms with Gasteiger partial charge in [-0.05, 0) is 39.0 Å². The normalized spacial score (nSPS) is 10.7. The summed E-state index contributed by atoms with van der Waals surface area (Å²) in [6.45, 7) is 6.92. The van der Waals surface area contributed by atoms with E-state index in [1.165, 1.54) is 10.6 Å². The van der Waals surface area contributed by atoms with Crippen molar-refractivity contribution in [3.8, 4) is 0 Å². The largest absolute Gasteiger partial charge is 0.343 e. The molecule has 1 aromatic heterocycles. The van der Waals surface area contributed by atoms with E-state index in [4.69, 9.17) is 0 Å². The molecule has 0 spiro atoms. The number of carbonyl (C=O) groups is 2. The molecular weight excluding hydrogens is 324 g/mol. The highest BCUT2D eigenvalue weighted by Gasteiger charge is 2.14. The van der Waals surface area contributed by atoms with E-state index >= 15 is 0 Å². The van der Waals surface area contributed by atoms with Gasteiger partial charge in [-0.2, -0.15) is 0 Å². The molecule has 0 saturated heterocycles. The summed E-state index contributed by atoms with van der Waals surface area (Å²) in [5.74, 6) is -0.579. The molecule has 2 N–H and O–H groups in total. The number of hydrogen-bond acceptors (Lipinski definition) is 4. The third-order valence-electron chi connectivity index (χ3n) is 4.07. The number of aromatic amines is 1. The number of amides is 2. The van der Waals surface area contributed by atoms with Crippen LogP contribution in [0, 0.1) is 0 Å². The highest BCUT2D eigenvalue weighted by Crippen LogP contribution is 2.11. The first-order valence-corrected chi connectivity index (χ1v) is 8.25. The molecule has 0 unspecified atom stereocenters. The van der Waals surface area contributed by atoms with Crippen LogP contribution < -0.4 is 16.4 Å². The van der Waals surface area contributed by atoms with E-state index in [1.54, 1.807) is 24.0 Å². The van der Waals surface area contributed by atoms with Crippen molar-refractivity contribution >= 4 is 22.8 Å². The second-order valence-electron chi connectivity index (χ2n) is 5.48. The Labute approximate surface area is 144 Å². The highest BCUT2D eigenvalue weighted by molar-refractivity contribution is 5.98. The van der Waals surface area contributed by atoms with Crippen LogP contribution in [-0.4, -0.2) is 45.9 Å². The first-order chi connectivity index (χ1) is 11.9. The maximum Gasteiger partial charge on any atom is 0.316 e. The molecule has 0 fully saturated rings. The van der Waals surface area contributed by atoms with E-state index < -0.39 is 17.0 Å². The third kappa shape index (κ3) is 3.78. The average molecular weight is 346 g/mol. The lowest BCUT2D eigenvalue weighted by molar-refractivity contribution is -0.129. The molecule has 0 aliphatic carbocycles. The molecule has 2 rings (SSSR count).